The molecule has 3 nitrogen and oxygen atoms in total. The number of aromatic nitrogens is 1. The van der Waals surface area contributed by atoms with Crippen molar-refractivity contribution in [3.63, 3.8) is 0 Å². The molecule has 0 bridgehead atoms. The van der Waals surface area contributed by atoms with Gasteiger partial charge in [0.2, 0.25) is 5.89 Å². The Morgan fingerprint density at radius 1 is 0.893 bits per heavy atom. The maximum atomic E-state index is 12.2. The number of benzene rings is 2. The van der Waals surface area contributed by atoms with Gasteiger partial charge in [-0.2, -0.15) is 0 Å². The monoisotopic (exact) mass is 375 g/mol. The third kappa shape index (κ3) is 5.66. The lowest BCUT2D eigenvalue weighted by Gasteiger charge is -2.02. The molecule has 3 aromatic rings. The quantitative estimate of drug-likeness (QED) is 0.428. The highest BCUT2D eigenvalue weighted by Gasteiger charge is 2.12. The highest BCUT2D eigenvalue weighted by Crippen LogP contribution is 2.23. The van der Waals surface area contributed by atoms with Crippen LogP contribution in [0, 0.1) is 6.92 Å². The Labute approximate surface area is 167 Å². The number of carbonyl (C=O) groups excluding carboxylic acids is 1. The molecule has 0 spiro atoms. The molecule has 0 amide bonds. The van der Waals surface area contributed by atoms with Gasteiger partial charge in [-0.1, -0.05) is 49.4 Å². The van der Waals surface area contributed by atoms with Crippen LogP contribution in [0.3, 0.4) is 0 Å². The third-order valence-corrected chi connectivity index (χ3v) is 5.13. The van der Waals surface area contributed by atoms with Crippen molar-refractivity contribution in [2.24, 2.45) is 0 Å². The van der Waals surface area contributed by atoms with E-state index in [1.165, 1.54) is 11.1 Å². The van der Waals surface area contributed by atoms with Crippen LogP contribution in [-0.4, -0.2) is 10.8 Å². The van der Waals surface area contributed by atoms with Crippen LogP contribution in [0.2, 0.25) is 0 Å². The second kappa shape index (κ2) is 10.0. The zero-order chi connectivity index (χ0) is 19.8. The summed E-state index contributed by atoms with van der Waals surface area (Å²) in [5.74, 6) is 1.86. The Morgan fingerprint density at radius 3 is 2.25 bits per heavy atom. The summed E-state index contributed by atoms with van der Waals surface area (Å²) >= 11 is 0. The summed E-state index contributed by atoms with van der Waals surface area (Å²) in [4.78, 5) is 16.8. The van der Waals surface area contributed by atoms with Crippen LogP contribution in [0.25, 0.3) is 11.5 Å². The Balaban J connectivity index is 1.44. The van der Waals surface area contributed by atoms with Gasteiger partial charge in [-0.3, -0.25) is 4.79 Å². The van der Waals surface area contributed by atoms with Crippen molar-refractivity contribution < 1.29 is 9.21 Å². The van der Waals surface area contributed by atoms with Crippen LogP contribution >= 0.6 is 0 Å². The van der Waals surface area contributed by atoms with Gasteiger partial charge in [-0.25, -0.2) is 4.98 Å². The smallest absolute Gasteiger partial charge is 0.226 e. The molecule has 0 fully saturated rings. The van der Waals surface area contributed by atoms with E-state index < -0.39 is 0 Å². The summed E-state index contributed by atoms with van der Waals surface area (Å²) in [5.41, 5.74) is 4.57. The Kier molecular flexibility index (Phi) is 7.18. The van der Waals surface area contributed by atoms with Gasteiger partial charge >= 0.3 is 0 Å². The average Bonchev–Trinajstić information content (AvgIpc) is 3.09. The lowest BCUT2D eigenvalue weighted by Crippen LogP contribution is -2.00. The van der Waals surface area contributed by atoms with Gasteiger partial charge in [0.1, 0.15) is 11.5 Å². The number of ketones is 1. The molecular formula is C25H29NO2. The van der Waals surface area contributed by atoms with Gasteiger partial charge in [0.25, 0.3) is 0 Å². The standard InChI is InChI=1S/C25H29NO2/c1-3-20-15-17-22(18-16-20)25-26-24(19(2)28-25)14-8-13-23(27)12-7-11-21-9-5-4-6-10-21/h4-6,9-10,15-18H,3,7-8,11-14H2,1-2H3. The summed E-state index contributed by atoms with van der Waals surface area (Å²) in [6, 6.07) is 18.7. The first kappa shape index (κ1) is 20.1. The minimum atomic E-state index is 0.340. The van der Waals surface area contributed by atoms with Crippen molar-refractivity contribution in [3.05, 3.63) is 77.2 Å². The molecule has 2 aromatic carbocycles. The van der Waals surface area contributed by atoms with Crippen molar-refractivity contribution in [2.75, 3.05) is 0 Å². The first-order valence-electron chi connectivity index (χ1n) is 10.3. The van der Waals surface area contributed by atoms with E-state index in [0.29, 0.717) is 24.5 Å². The van der Waals surface area contributed by atoms with Gasteiger partial charge < -0.3 is 4.42 Å². The number of aryl methyl sites for hydroxylation is 4. The van der Waals surface area contributed by atoms with Crippen molar-refractivity contribution in [1.29, 1.82) is 0 Å². The number of nitrogens with zero attached hydrogens (tertiary/aromatic N) is 1. The maximum Gasteiger partial charge on any atom is 0.226 e. The molecule has 28 heavy (non-hydrogen) atoms. The van der Waals surface area contributed by atoms with Crippen LogP contribution < -0.4 is 0 Å². The van der Waals surface area contributed by atoms with Crippen LogP contribution in [0.15, 0.2) is 59.0 Å². The fraction of sp³-hybridized carbons (Fsp3) is 0.360. The molecule has 1 aromatic heterocycles. The van der Waals surface area contributed by atoms with E-state index in [0.717, 1.165) is 49.1 Å². The zero-order valence-corrected chi connectivity index (χ0v) is 16.9. The van der Waals surface area contributed by atoms with Crippen LogP contribution in [0.4, 0.5) is 0 Å². The number of oxazole rings is 1. The van der Waals surface area contributed by atoms with Gasteiger partial charge in [-0.05, 0) is 62.3 Å². The maximum absolute atomic E-state index is 12.2. The first-order chi connectivity index (χ1) is 13.7. The molecule has 0 radical (unpaired) electrons. The summed E-state index contributed by atoms with van der Waals surface area (Å²) in [6.07, 6.45) is 5.79. The molecule has 0 unspecified atom stereocenters. The molecule has 0 N–H and O–H groups in total. The van der Waals surface area contributed by atoms with Gasteiger partial charge in [0, 0.05) is 18.4 Å². The first-order valence-corrected chi connectivity index (χ1v) is 10.3. The number of hydrogen-bond donors (Lipinski definition) is 0. The molecule has 0 aliphatic rings. The number of Topliss-reactive ketones (excluding diaryl/α,β-unsaturated/α-hetero) is 1. The highest BCUT2D eigenvalue weighted by atomic mass is 16.4. The molecule has 0 aliphatic carbocycles. The molecule has 3 heteroatoms. The Bertz CT molecular complexity index is 879. The van der Waals surface area contributed by atoms with E-state index in [9.17, 15) is 4.79 Å². The van der Waals surface area contributed by atoms with Crippen LogP contribution in [-0.2, 0) is 24.1 Å². The summed E-state index contributed by atoms with van der Waals surface area (Å²) in [6.45, 7) is 4.10. The summed E-state index contributed by atoms with van der Waals surface area (Å²) in [5, 5.41) is 0. The van der Waals surface area contributed by atoms with Gasteiger partial charge in [-0.15, -0.1) is 0 Å². The highest BCUT2D eigenvalue weighted by molar-refractivity contribution is 5.78. The van der Waals surface area contributed by atoms with Crippen LogP contribution in [0.1, 0.15) is 55.2 Å². The minimum Gasteiger partial charge on any atom is -0.441 e. The molecule has 0 saturated carbocycles. The molecule has 146 valence electrons. The largest absolute Gasteiger partial charge is 0.441 e. The minimum absolute atomic E-state index is 0.340. The van der Waals surface area contributed by atoms with Crippen molar-refractivity contribution >= 4 is 5.78 Å². The van der Waals surface area contributed by atoms with E-state index >= 15 is 0 Å². The zero-order valence-electron chi connectivity index (χ0n) is 16.9. The van der Waals surface area contributed by atoms with Crippen molar-refractivity contribution in [1.82, 2.24) is 4.98 Å². The lowest BCUT2D eigenvalue weighted by atomic mass is 10.0. The second-order valence-electron chi connectivity index (χ2n) is 7.30. The molecule has 1 heterocycles. The predicted octanol–water partition coefficient (Wildman–Crippen LogP) is 6.13. The van der Waals surface area contributed by atoms with Gasteiger partial charge in [0.05, 0.1) is 5.69 Å². The van der Waals surface area contributed by atoms with E-state index in [1.807, 2.05) is 25.1 Å². The van der Waals surface area contributed by atoms with E-state index in [-0.39, 0.29) is 0 Å². The Hall–Kier alpha value is -2.68. The number of carbonyl (C=O) groups is 1. The molecule has 3 rings (SSSR count). The summed E-state index contributed by atoms with van der Waals surface area (Å²) in [7, 11) is 0. The van der Waals surface area contributed by atoms with E-state index in [2.05, 4.69) is 48.3 Å². The number of hydrogen-bond acceptors (Lipinski definition) is 3. The predicted molar refractivity (Wildman–Crippen MR) is 113 cm³/mol. The molecule has 0 atom stereocenters. The van der Waals surface area contributed by atoms with Gasteiger partial charge in [0.15, 0.2) is 0 Å². The topological polar surface area (TPSA) is 43.1 Å². The third-order valence-electron chi connectivity index (χ3n) is 5.13. The van der Waals surface area contributed by atoms with Crippen LogP contribution in [0.5, 0.6) is 0 Å². The second-order valence-corrected chi connectivity index (χ2v) is 7.30. The number of rotatable bonds is 10. The van der Waals surface area contributed by atoms with Crippen molar-refractivity contribution in [2.45, 2.75) is 58.8 Å². The fourth-order valence-corrected chi connectivity index (χ4v) is 3.38. The van der Waals surface area contributed by atoms with Crippen molar-refractivity contribution in [3.8, 4) is 11.5 Å². The average molecular weight is 376 g/mol. The fourth-order valence-electron chi connectivity index (χ4n) is 3.38. The molecular weight excluding hydrogens is 346 g/mol. The Morgan fingerprint density at radius 2 is 1.57 bits per heavy atom. The normalized spacial score (nSPS) is 10.9. The van der Waals surface area contributed by atoms with E-state index in [1.54, 1.807) is 0 Å². The lowest BCUT2D eigenvalue weighted by molar-refractivity contribution is -0.119. The van der Waals surface area contributed by atoms with E-state index in [4.69, 9.17) is 4.42 Å². The molecule has 0 saturated heterocycles. The molecule has 0 aliphatic heterocycles. The SMILES string of the molecule is CCc1ccc(-c2nc(CCCC(=O)CCCc3ccccc3)c(C)o2)cc1. The summed E-state index contributed by atoms with van der Waals surface area (Å²) < 4.78 is 5.85.